The molecule has 0 aromatic carbocycles. The number of halogens is 3. The van der Waals surface area contributed by atoms with Crippen molar-refractivity contribution in [1.82, 2.24) is 24.8 Å². The summed E-state index contributed by atoms with van der Waals surface area (Å²) in [6.07, 6.45) is -4.54. The van der Waals surface area contributed by atoms with Gasteiger partial charge in [0.05, 0.1) is 5.69 Å². The third-order valence-electron chi connectivity index (χ3n) is 3.01. The summed E-state index contributed by atoms with van der Waals surface area (Å²) >= 11 is 0. The molecule has 0 aliphatic heterocycles. The summed E-state index contributed by atoms with van der Waals surface area (Å²) in [5.41, 5.74) is 0.509. The molecule has 2 aromatic heterocycles. The minimum atomic E-state index is -4.54. The maximum atomic E-state index is 12.6. The van der Waals surface area contributed by atoms with Crippen molar-refractivity contribution < 1.29 is 23.1 Å². The zero-order valence-corrected chi connectivity index (χ0v) is 11.4. The summed E-state index contributed by atoms with van der Waals surface area (Å²) < 4.78 is 39.8. The van der Waals surface area contributed by atoms with Crippen molar-refractivity contribution in [1.29, 1.82) is 0 Å². The fraction of sp³-hybridized carbons (Fsp3) is 0.455. The van der Waals surface area contributed by atoms with Crippen LogP contribution in [0.3, 0.4) is 0 Å². The maximum Gasteiger partial charge on any atom is 0.408 e. The number of hydrogen-bond donors (Lipinski definition) is 1. The van der Waals surface area contributed by atoms with Crippen LogP contribution in [0.4, 0.5) is 13.2 Å². The first-order valence-corrected chi connectivity index (χ1v) is 5.86. The van der Waals surface area contributed by atoms with E-state index in [9.17, 15) is 18.0 Å². The Morgan fingerprint density at radius 2 is 1.95 bits per heavy atom. The van der Waals surface area contributed by atoms with E-state index in [2.05, 4.69) is 15.4 Å². The van der Waals surface area contributed by atoms with Crippen LogP contribution in [0.5, 0.6) is 0 Å². The Bertz CT molecular complexity index is 702. The Balaban J connectivity index is 2.70. The summed E-state index contributed by atoms with van der Waals surface area (Å²) in [5.74, 6) is -1.44. The van der Waals surface area contributed by atoms with Gasteiger partial charge in [0.2, 0.25) is 0 Å². The Hall–Kier alpha value is -2.39. The molecule has 21 heavy (non-hydrogen) atoms. The van der Waals surface area contributed by atoms with Gasteiger partial charge in [-0.3, -0.25) is 4.68 Å². The van der Waals surface area contributed by atoms with Crippen molar-refractivity contribution in [2.24, 2.45) is 7.05 Å². The number of alkyl halides is 3. The number of hydrogen-bond acceptors (Lipinski definition) is 4. The predicted octanol–water partition coefficient (Wildman–Crippen LogP) is 1.56. The molecule has 114 valence electrons. The van der Waals surface area contributed by atoms with Crippen LogP contribution in [0.15, 0.2) is 0 Å². The molecule has 2 aromatic rings. The van der Waals surface area contributed by atoms with E-state index in [1.165, 1.54) is 4.68 Å². The van der Waals surface area contributed by atoms with E-state index in [-0.39, 0.29) is 5.69 Å². The van der Waals surface area contributed by atoms with E-state index in [0.717, 1.165) is 0 Å². The molecule has 0 spiro atoms. The van der Waals surface area contributed by atoms with Gasteiger partial charge in [-0.1, -0.05) is 5.21 Å². The molecule has 0 aliphatic carbocycles. The van der Waals surface area contributed by atoms with Crippen LogP contribution >= 0.6 is 0 Å². The van der Waals surface area contributed by atoms with Crippen LogP contribution < -0.4 is 0 Å². The average Bonchev–Trinajstić information content (AvgIpc) is 2.80. The molecule has 2 heterocycles. The van der Waals surface area contributed by atoms with E-state index < -0.39 is 24.4 Å². The highest BCUT2D eigenvalue weighted by Gasteiger charge is 2.33. The molecular weight excluding hydrogens is 291 g/mol. The summed E-state index contributed by atoms with van der Waals surface area (Å²) in [7, 11) is 1.62. The normalized spacial score (nSPS) is 11.9. The monoisotopic (exact) mass is 303 g/mol. The lowest BCUT2D eigenvalue weighted by atomic mass is 10.1. The second-order valence-corrected chi connectivity index (χ2v) is 4.53. The van der Waals surface area contributed by atoms with Crippen molar-refractivity contribution in [3.8, 4) is 11.3 Å². The first kappa shape index (κ1) is 15.0. The Kier molecular flexibility index (Phi) is 3.47. The molecular formula is C11H12F3N5O2. The lowest BCUT2D eigenvalue weighted by Gasteiger charge is -2.10. The van der Waals surface area contributed by atoms with Crippen molar-refractivity contribution in [2.75, 3.05) is 0 Å². The summed E-state index contributed by atoms with van der Waals surface area (Å²) in [4.78, 5) is 11.2. The second kappa shape index (κ2) is 4.86. The first-order valence-electron chi connectivity index (χ1n) is 5.86. The third-order valence-corrected chi connectivity index (χ3v) is 3.01. The van der Waals surface area contributed by atoms with E-state index in [0.29, 0.717) is 21.6 Å². The molecule has 0 atom stereocenters. The Morgan fingerprint density at radius 1 is 1.33 bits per heavy atom. The van der Waals surface area contributed by atoms with Crippen LogP contribution in [0.25, 0.3) is 11.3 Å². The molecule has 1 N–H and O–H groups in total. The zero-order valence-electron chi connectivity index (χ0n) is 11.4. The fourth-order valence-electron chi connectivity index (χ4n) is 2.10. The van der Waals surface area contributed by atoms with Crippen LogP contribution in [-0.4, -0.2) is 42.0 Å². The lowest BCUT2D eigenvalue weighted by molar-refractivity contribution is -0.142. The zero-order chi connectivity index (χ0) is 15.9. The molecule has 7 nitrogen and oxygen atoms in total. The number of aromatic nitrogens is 5. The SMILES string of the molecule is Cc1nn(C)c(C)c1-c1c(C(=O)O)nnn1CC(F)(F)F. The highest BCUT2D eigenvalue weighted by molar-refractivity contribution is 5.93. The number of carboxylic acids is 1. The van der Waals surface area contributed by atoms with Crippen LogP contribution in [0.2, 0.25) is 0 Å². The Morgan fingerprint density at radius 3 is 2.38 bits per heavy atom. The average molecular weight is 303 g/mol. The minimum Gasteiger partial charge on any atom is -0.476 e. The van der Waals surface area contributed by atoms with Crippen LogP contribution in [0.1, 0.15) is 21.9 Å². The molecule has 0 fully saturated rings. The van der Waals surface area contributed by atoms with E-state index in [1.54, 1.807) is 20.9 Å². The summed E-state index contributed by atoms with van der Waals surface area (Å²) in [6.45, 7) is 1.79. The molecule has 2 rings (SSSR count). The molecule has 0 bridgehead atoms. The van der Waals surface area contributed by atoms with Gasteiger partial charge in [0.25, 0.3) is 0 Å². The first-order chi connectivity index (χ1) is 9.61. The van der Waals surface area contributed by atoms with Gasteiger partial charge in [-0.25, -0.2) is 9.48 Å². The topological polar surface area (TPSA) is 85.8 Å². The Labute approximate surface area is 117 Å². The van der Waals surface area contributed by atoms with Crippen molar-refractivity contribution in [2.45, 2.75) is 26.6 Å². The smallest absolute Gasteiger partial charge is 0.408 e. The van der Waals surface area contributed by atoms with Crippen LogP contribution in [-0.2, 0) is 13.6 Å². The maximum absolute atomic E-state index is 12.6. The lowest BCUT2D eigenvalue weighted by Crippen LogP contribution is -2.20. The minimum absolute atomic E-state index is 0.192. The number of aromatic carboxylic acids is 1. The quantitative estimate of drug-likeness (QED) is 0.930. The number of rotatable bonds is 3. The van der Waals surface area contributed by atoms with Gasteiger partial charge in [0, 0.05) is 18.3 Å². The molecule has 0 saturated carbocycles. The fourth-order valence-corrected chi connectivity index (χ4v) is 2.10. The number of aryl methyl sites for hydroxylation is 2. The van der Waals surface area contributed by atoms with Crippen molar-refractivity contribution in [3.63, 3.8) is 0 Å². The molecule has 0 saturated heterocycles. The van der Waals surface area contributed by atoms with E-state index in [1.807, 2.05) is 0 Å². The van der Waals surface area contributed by atoms with Crippen molar-refractivity contribution >= 4 is 5.97 Å². The highest BCUT2D eigenvalue weighted by Crippen LogP contribution is 2.30. The van der Waals surface area contributed by atoms with Gasteiger partial charge in [0.1, 0.15) is 12.2 Å². The number of nitrogens with zero attached hydrogens (tertiary/aromatic N) is 5. The van der Waals surface area contributed by atoms with Gasteiger partial charge < -0.3 is 5.11 Å². The van der Waals surface area contributed by atoms with Crippen molar-refractivity contribution in [3.05, 3.63) is 17.1 Å². The summed E-state index contributed by atoms with van der Waals surface area (Å²) in [5, 5.41) is 19.8. The third kappa shape index (κ3) is 2.73. The molecule has 0 radical (unpaired) electrons. The highest BCUT2D eigenvalue weighted by atomic mass is 19.4. The summed E-state index contributed by atoms with van der Waals surface area (Å²) in [6, 6.07) is 0. The predicted molar refractivity (Wildman–Crippen MR) is 64.7 cm³/mol. The van der Waals surface area contributed by atoms with E-state index >= 15 is 0 Å². The van der Waals surface area contributed by atoms with Crippen LogP contribution in [0, 0.1) is 13.8 Å². The molecule has 10 heteroatoms. The van der Waals surface area contributed by atoms with E-state index in [4.69, 9.17) is 5.11 Å². The number of carbonyl (C=O) groups is 1. The standard InChI is InChI=1S/C11H12F3N5O2/c1-5-7(6(2)18(3)16-5)9-8(10(20)21)15-17-19(9)4-11(12,13)14/h4H2,1-3H3,(H,20,21). The van der Waals surface area contributed by atoms with Gasteiger partial charge in [-0.2, -0.15) is 18.3 Å². The molecule has 0 amide bonds. The van der Waals surface area contributed by atoms with Gasteiger partial charge in [0.15, 0.2) is 5.69 Å². The largest absolute Gasteiger partial charge is 0.476 e. The van der Waals surface area contributed by atoms with Gasteiger partial charge in [-0.05, 0) is 13.8 Å². The molecule has 0 aliphatic rings. The second-order valence-electron chi connectivity index (χ2n) is 4.53. The molecule has 0 unspecified atom stereocenters. The number of carboxylic acid groups (broad SMARTS) is 1. The van der Waals surface area contributed by atoms with Gasteiger partial charge in [-0.15, -0.1) is 5.10 Å². The van der Waals surface area contributed by atoms with Gasteiger partial charge >= 0.3 is 12.1 Å².